The van der Waals surface area contributed by atoms with Crippen molar-refractivity contribution >= 4 is 23.5 Å². The van der Waals surface area contributed by atoms with Crippen LogP contribution in [-0.2, 0) is 15.0 Å². The van der Waals surface area contributed by atoms with Crippen molar-refractivity contribution in [2.75, 3.05) is 6.54 Å². The molecule has 0 bridgehead atoms. The van der Waals surface area contributed by atoms with Crippen LogP contribution in [0, 0.1) is 0 Å². The summed E-state index contributed by atoms with van der Waals surface area (Å²) in [4.78, 5) is 22.4. The van der Waals surface area contributed by atoms with Gasteiger partial charge in [-0.1, -0.05) is 36.6 Å². The van der Waals surface area contributed by atoms with E-state index in [4.69, 9.17) is 16.7 Å². The summed E-state index contributed by atoms with van der Waals surface area (Å²) in [5, 5.41) is 12.4. The lowest BCUT2D eigenvalue weighted by Gasteiger charge is -2.30. The van der Waals surface area contributed by atoms with Crippen molar-refractivity contribution < 1.29 is 14.7 Å². The van der Waals surface area contributed by atoms with Gasteiger partial charge in [0.1, 0.15) is 0 Å². The molecule has 126 valence electrons. The Hall–Kier alpha value is -1.55. The number of carboxylic acid groups (broad SMARTS) is 1. The molecule has 1 fully saturated rings. The minimum atomic E-state index is -0.807. The van der Waals surface area contributed by atoms with Crippen LogP contribution in [0.25, 0.3) is 0 Å². The molecule has 0 aromatic heterocycles. The van der Waals surface area contributed by atoms with Gasteiger partial charge in [0.15, 0.2) is 0 Å². The molecule has 1 aromatic carbocycles. The molecular formula is C18H24ClNO3. The van der Waals surface area contributed by atoms with Crippen molar-refractivity contribution in [3.8, 4) is 0 Å². The van der Waals surface area contributed by atoms with E-state index in [1.807, 2.05) is 12.1 Å². The van der Waals surface area contributed by atoms with Crippen LogP contribution < -0.4 is 5.32 Å². The Labute approximate surface area is 142 Å². The van der Waals surface area contributed by atoms with Crippen LogP contribution in [0.15, 0.2) is 24.3 Å². The molecule has 0 spiro atoms. The van der Waals surface area contributed by atoms with Gasteiger partial charge >= 0.3 is 5.97 Å². The fraction of sp³-hybridized carbons (Fsp3) is 0.556. The zero-order chi connectivity index (χ0) is 16.7. The highest BCUT2D eigenvalue weighted by molar-refractivity contribution is 6.30. The molecule has 1 aromatic rings. The number of unbranched alkanes of at least 4 members (excludes halogenated alkanes) is 1. The second kappa shape index (κ2) is 8.34. The van der Waals surface area contributed by atoms with Gasteiger partial charge in [-0.25, -0.2) is 0 Å². The molecule has 0 unspecified atom stereocenters. The first-order chi connectivity index (χ1) is 11.0. The number of hydrogen-bond acceptors (Lipinski definition) is 2. The monoisotopic (exact) mass is 337 g/mol. The topological polar surface area (TPSA) is 66.4 Å². The van der Waals surface area contributed by atoms with Crippen LogP contribution in [0.3, 0.4) is 0 Å². The number of carboxylic acids is 1. The lowest BCUT2D eigenvalue weighted by atomic mass is 9.79. The van der Waals surface area contributed by atoms with Crippen molar-refractivity contribution in [2.45, 2.75) is 56.8 Å². The molecule has 0 aliphatic heterocycles. The number of hydrogen-bond donors (Lipinski definition) is 2. The largest absolute Gasteiger partial charge is 0.481 e. The van der Waals surface area contributed by atoms with Crippen molar-refractivity contribution in [1.82, 2.24) is 5.32 Å². The SMILES string of the molecule is O=C(O)CCCCC(=O)NCC1(c2ccc(Cl)cc2)CCCC1. The third kappa shape index (κ3) is 5.24. The minimum Gasteiger partial charge on any atom is -0.481 e. The van der Waals surface area contributed by atoms with Crippen LogP contribution in [-0.4, -0.2) is 23.5 Å². The van der Waals surface area contributed by atoms with Gasteiger partial charge < -0.3 is 10.4 Å². The Balaban J connectivity index is 1.86. The van der Waals surface area contributed by atoms with Crippen LogP contribution in [0.5, 0.6) is 0 Å². The summed E-state index contributed by atoms with van der Waals surface area (Å²) in [6.07, 6.45) is 6.19. The molecule has 0 heterocycles. The van der Waals surface area contributed by atoms with Crippen LogP contribution >= 0.6 is 11.6 Å². The second-order valence-corrected chi connectivity index (χ2v) is 6.81. The van der Waals surface area contributed by atoms with Gasteiger partial charge in [-0.2, -0.15) is 0 Å². The summed E-state index contributed by atoms with van der Waals surface area (Å²) in [5.74, 6) is -0.798. The van der Waals surface area contributed by atoms with E-state index >= 15 is 0 Å². The number of halogens is 1. The summed E-state index contributed by atoms with van der Waals surface area (Å²) in [6, 6.07) is 7.94. The van der Waals surface area contributed by atoms with Crippen molar-refractivity contribution in [3.63, 3.8) is 0 Å². The molecule has 23 heavy (non-hydrogen) atoms. The smallest absolute Gasteiger partial charge is 0.303 e. The maximum absolute atomic E-state index is 12.0. The quantitative estimate of drug-likeness (QED) is 0.707. The Morgan fingerprint density at radius 2 is 1.70 bits per heavy atom. The van der Waals surface area contributed by atoms with E-state index in [9.17, 15) is 9.59 Å². The number of amides is 1. The average molecular weight is 338 g/mol. The molecule has 0 radical (unpaired) electrons. The highest BCUT2D eigenvalue weighted by Crippen LogP contribution is 2.40. The molecule has 5 heteroatoms. The fourth-order valence-electron chi connectivity index (χ4n) is 3.34. The molecule has 1 aliphatic carbocycles. The van der Waals surface area contributed by atoms with Crippen LogP contribution in [0.4, 0.5) is 0 Å². The maximum Gasteiger partial charge on any atom is 0.303 e. The average Bonchev–Trinajstić information content (AvgIpc) is 3.00. The molecule has 0 atom stereocenters. The molecule has 4 nitrogen and oxygen atoms in total. The number of benzene rings is 1. The van der Waals surface area contributed by atoms with E-state index in [1.165, 1.54) is 18.4 Å². The third-order valence-electron chi connectivity index (χ3n) is 4.69. The van der Waals surface area contributed by atoms with E-state index in [2.05, 4.69) is 17.4 Å². The normalized spacial score (nSPS) is 16.2. The predicted molar refractivity (Wildman–Crippen MR) is 90.7 cm³/mol. The Kier molecular flexibility index (Phi) is 6.46. The van der Waals surface area contributed by atoms with Gasteiger partial charge in [0, 0.05) is 29.8 Å². The van der Waals surface area contributed by atoms with Crippen molar-refractivity contribution in [1.29, 1.82) is 0 Å². The zero-order valence-electron chi connectivity index (χ0n) is 13.3. The Morgan fingerprint density at radius 3 is 2.30 bits per heavy atom. The second-order valence-electron chi connectivity index (χ2n) is 6.37. The molecule has 1 aliphatic rings. The van der Waals surface area contributed by atoms with Crippen LogP contribution in [0.2, 0.25) is 5.02 Å². The van der Waals surface area contributed by atoms with E-state index < -0.39 is 5.97 Å². The van der Waals surface area contributed by atoms with Gasteiger partial charge in [-0.3, -0.25) is 9.59 Å². The first kappa shape index (κ1) is 17.8. The lowest BCUT2D eigenvalue weighted by molar-refractivity contribution is -0.137. The summed E-state index contributed by atoms with van der Waals surface area (Å²) in [5.41, 5.74) is 1.26. The standard InChI is InChI=1S/C18H24ClNO3/c19-15-9-7-14(8-10-15)18(11-3-4-12-18)13-20-16(21)5-1-2-6-17(22)23/h7-10H,1-6,11-13H2,(H,20,21)(H,22,23). The highest BCUT2D eigenvalue weighted by atomic mass is 35.5. The maximum atomic E-state index is 12.0. The minimum absolute atomic E-state index is 0.00984. The van der Waals surface area contributed by atoms with Gasteiger partial charge in [0.05, 0.1) is 0 Å². The number of nitrogens with one attached hydrogen (secondary N) is 1. The van der Waals surface area contributed by atoms with E-state index in [0.717, 1.165) is 17.9 Å². The molecule has 1 saturated carbocycles. The summed E-state index contributed by atoms with van der Waals surface area (Å²) >= 11 is 5.97. The first-order valence-corrected chi connectivity index (χ1v) is 8.64. The molecule has 2 N–H and O–H groups in total. The summed E-state index contributed by atoms with van der Waals surface area (Å²) < 4.78 is 0. The van der Waals surface area contributed by atoms with Gasteiger partial charge in [0.2, 0.25) is 5.91 Å². The zero-order valence-corrected chi connectivity index (χ0v) is 14.1. The summed E-state index contributed by atoms with van der Waals surface area (Å²) in [7, 11) is 0. The van der Waals surface area contributed by atoms with Crippen molar-refractivity contribution in [2.24, 2.45) is 0 Å². The Morgan fingerprint density at radius 1 is 1.09 bits per heavy atom. The lowest BCUT2D eigenvalue weighted by Crippen LogP contribution is -2.38. The van der Waals surface area contributed by atoms with E-state index in [-0.39, 0.29) is 17.7 Å². The number of aliphatic carboxylic acids is 1. The van der Waals surface area contributed by atoms with E-state index in [1.54, 1.807) is 0 Å². The van der Waals surface area contributed by atoms with Gasteiger partial charge in [0.25, 0.3) is 0 Å². The molecule has 0 saturated heterocycles. The van der Waals surface area contributed by atoms with Crippen LogP contribution in [0.1, 0.15) is 56.9 Å². The van der Waals surface area contributed by atoms with Gasteiger partial charge in [-0.15, -0.1) is 0 Å². The summed E-state index contributed by atoms with van der Waals surface area (Å²) in [6.45, 7) is 0.645. The number of carbonyl (C=O) groups is 2. The third-order valence-corrected chi connectivity index (χ3v) is 4.94. The van der Waals surface area contributed by atoms with E-state index in [0.29, 0.717) is 25.8 Å². The predicted octanol–water partition coefficient (Wildman–Crippen LogP) is 3.91. The van der Waals surface area contributed by atoms with Gasteiger partial charge in [-0.05, 0) is 43.4 Å². The van der Waals surface area contributed by atoms with Crippen molar-refractivity contribution in [3.05, 3.63) is 34.9 Å². The first-order valence-electron chi connectivity index (χ1n) is 8.26. The highest BCUT2D eigenvalue weighted by Gasteiger charge is 2.35. The molecule has 1 amide bonds. The molecular weight excluding hydrogens is 314 g/mol. The number of carbonyl (C=O) groups excluding carboxylic acids is 1. The Bertz CT molecular complexity index is 536. The fourth-order valence-corrected chi connectivity index (χ4v) is 3.47. The number of rotatable bonds is 8. The molecule has 2 rings (SSSR count).